The monoisotopic (exact) mass is 392 g/mol. The molecule has 0 aliphatic carbocycles. The number of aromatic nitrogens is 5. The van der Waals surface area contributed by atoms with Crippen LogP contribution in [-0.4, -0.2) is 51.2 Å². The molecule has 0 spiro atoms. The van der Waals surface area contributed by atoms with Crippen molar-refractivity contribution in [2.24, 2.45) is 7.05 Å². The fourth-order valence-electron chi connectivity index (χ4n) is 2.63. The molecule has 10 heteroatoms. The fraction of sp³-hybridized carbons (Fsp3) is 0.375. The number of nitrogens with zero attached hydrogens (tertiary/aromatic N) is 6. The predicted octanol–water partition coefficient (Wildman–Crippen LogP) is 2.65. The Bertz CT molecular complexity index is 875. The highest BCUT2D eigenvalue weighted by atomic mass is 35.5. The zero-order valence-corrected chi connectivity index (χ0v) is 15.7. The molecule has 1 aromatic carbocycles. The standard InChI is InChI=1S/C16H17ClN6O2S/c1-22-15(23-6-8-24-9-7-23)19-20-16(22)26-10-13-18-14(21-25-13)11-2-4-12(17)5-3-11/h2-5H,6-10H2,1H3. The number of thioether (sulfide) groups is 1. The van der Waals surface area contributed by atoms with Gasteiger partial charge in [0.25, 0.3) is 0 Å². The van der Waals surface area contributed by atoms with Crippen molar-refractivity contribution >= 4 is 29.3 Å². The Balaban J connectivity index is 1.41. The molecule has 1 saturated heterocycles. The summed E-state index contributed by atoms with van der Waals surface area (Å²) in [5.74, 6) is 2.46. The largest absolute Gasteiger partial charge is 0.378 e. The molecular weight excluding hydrogens is 376 g/mol. The summed E-state index contributed by atoms with van der Waals surface area (Å²) in [6.07, 6.45) is 0. The van der Waals surface area contributed by atoms with Gasteiger partial charge in [-0.25, -0.2) is 0 Å². The Hall–Kier alpha value is -2.10. The van der Waals surface area contributed by atoms with Gasteiger partial charge in [0.15, 0.2) is 5.16 Å². The van der Waals surface area contributed by atoms with Gasteiger partial charge in [-0.3, -0.25) is 4.57 Å². The van der Waals surface area contributed by atoms with E-state index in [-0.39, 0.29) is 0 Å². The Kier molecular flexibility index (Phi) is 5.09. The van der Waals surface area contributed by atoms with Crippen molar-refractivity contribution in [2.45, 2.75) is 10.9 Å². The molecule has 136 valence electrons. The molecule has 0 radical (unpaired) electrons. The van der Waals surface area contributed by atoms with Crippen LogP contribution in [0.15, 0.2) is 33.9 Å². The first-order valence-corrected chi connectivity index (χ1v) is 9.50. The summed E-state index contributed by atoms with van der Waals surface area (Å²) in [6.45, 7) is 3.07. The third-order valence-electron chi connectivity index (χ3n) is 4.00. The molecule has 3 aromatic rings. The second-order valence-corrected chi connectivity index (χ2v) is 7.13. The van der Waals surface area contributed by atoms with Crippen molar-refractivity contribution in [3.05, 3.63) is 35.2 Å². The molecule has 4 rings (SSSR count). The van der Waals surface area contributed by atoms with E-state index in [1.165, 1.54) is 11.8 Å². The Labute approximate surface area is 159 Å². The summed E-state index contributed by atoms with van der Waals surface area (Å²) in [6, 6.07) is 7.32. The molecule has 8 nitrogen and oxygen atoms in total. The minimum absolute atomic E-state index is 0.523. The lowest BCUT2D eigenvalue weighted by Crippen LogP contribution is -2.37. The predicted molar refractivity (Wildman–Crippen MR) is 98.3 cm³/mol. The van der Waals surface area contributed by atoms with E-state index >= 15 is 0 Å². The quantitative estimate of drug-likeness (QED) is 0.613. The Morgan fingerprint density at radius 3 is 2.69 bits per heavy atom. The minimum atomic E-state index is 0.523. The van der Waals surface area contributed by atoms with Crippen LogP contribution in [0.5, 0.6) is 0 Å². The van der Waals surface area contributed by atoms with Crippen molar-refractivity contribution in [3.8, 4) is 11.4 Å². The molecule has 1 aliphatic heterocycles. The van der Waals surface area contributed by atoms with E-state index in [9.17, 15) is 0 Å². The van der Waals surface area contributed by atoms with E-state index in [2.05, 4.69) is 25.2 Å². The van der Waals surface area contributed by atoms with Crippen LogP contribution < -0.4 is 4.90 Å². The van der Waals surface area contributed by atoms with E-state index < -0.39 is 0 Å². The Morgan fingerprint density at radius 1 is 1.15 bits per heavy atom. The van der Waals surface area contributed by atoms with E-state index in [0.717, 1.165) is 29.8 Å². The van der Waals surface area contributed by atoms with Gasteiger partial charge in [0.1, 0.15) is 0 Å². The lowest BCUT2D eigenvalue weighted by atomic mass is 10.2. The van der Waals surface area contributed by atoms with Crippen LogP contribution in [0, 0.1) is 0 Å². The summed E-state index contributed by atoms with van der Waals surface area (Å²) in [7, 11) is 1.96. The van der Waals surface area contributed by atoms with Gasteiger partial charge < -0.3 is 14.2 Å². The minimum Gasteiger partial charge on any atom is -0.378 e. The maximum atomic E-state index is 5.90. The van der Waals surface area contributed by atoms with Crippen molar-refractivity contribution < 1.29 is 9.26 Å². The molecule has 3 heterocycles. The van der Waals surface area contributed by atoms with Crippen molar-refractivity contribution in [3.63, 3.8) is 0 Å². The van der Waals surface area contributed by atoms with Crippen molar-refractivity contribution in [2.75, 3.05) is 31.2 Å². The first kappa shape index (κ1) is 17.3. The number of hydrogen-bond donors (Lipinski definition) is 0. The molecule has 1 aliphatic rings. The van der Waals surface area contributed by atoms with Crippen LogP contribution in [-0.2, 0) is 17.5 Å². The summed E-state index contributed by atoms with van der Waals surface area (Å²) < 4.78 is 12.7. The van der Waals surface area contributed by atoms with Gasteiger partial charge in [-0.15, -0.1) is 10.2 Å². The van der Waals surface area contributed by atoms with Gasteiger partial charge in [-0.05, 0) is 24.3 Å². The molecule has 0 unspecified atom stereocenters. The van der Waals surface area contributed by atoms with Gasteiger partial charge in [0, 0.05) is 30.7 Å². The Morgan fingerprint density at radius 2 is 1.92 bits per heavy atom. The third-order valence-corrected chi connectivity index (χ3v) is 5.26. The third kappa shape index (κ3) is 3.69. The smallest absolute Gasteiger partial charge is 0.237 e. The van der Waals surface area contributed by atoms with Crippen LogP contribution in [0.1, 0.15) is 5.89 Å². The number of benzene rings is 1. The number of hydrogen-bond acceptors (Lipinski definition) is 8. The van der Waals surface area contributed by atoms with E-state index in [0.29, 0.717) is 35.7 Å². The highest BCUT2D eigenvalue weighted by molar-refractivity contribution is 7.98. The summed E-state index contributed by atoms with van der Waals surface area (Å²) >= 11 is 7.41. The maximum absolute atomic E-state index is 5.90. The maximum Gasteiger partial charge on any atom is 0.237 e. The summed E-state index contributed by atoms with van der Waals surface area (Å²) in [5, 5.41) is 14.1. The van der Waals surface area contributed by atoms with E-state index in [1.807, 2.05) is 23.7 Å². The number of ether oxygens (including phenoxy) is 1. The first-order chi connectivity index (χ1) is 12.7. The van der Waals surface area contributed by atoms with Gasteiger partial charge in [-0.2, -0.15) is 4.98 Å². The second-order valence-electron chi connectivity index (χ2n) is 5.75. The lowest BCUT2D eigenvalue weighted by Gasteiger charge is -2.27. The average molecular weight is 393 g/mol. The zero-order valence-electron chi connectivity index (χ0n) is 14.1. The molecular formula is C16H17ClN6O2S. The normalized spacial score (nSPS) is 14.8. The molecule has 0 saturated carbocycles. The zero-order chi connectivity index (χ0) is 17.9. The lowest BCUT2D eigenvalue weighted by molar-refractivity contribution is 0.121. The van der Waals surface area contributed by atoms with Gasteiger partial charge >= 0.3 is 0 Å². The number of morpholine rings is 1. The molecule has 1 fully saturated rings. The first-order valence-electron chi connectivity index (χ1n) is 8.14. The summed E-state index contributed by atoms with van der Waals surface area (Å²) in [5.41, 5.74) is 0.864. The highest BCUT2D eigenvalue weighted by Crippen LogP contribution is 2.25. The molecule has 0 bridgehead atoms. The van der Waals surface area contributed by atoms with Gasteiger partial charge in [0.2, 0.25) is 17.7 Å². The van der Waals surface area contributed by atoms with Crippen molar-refractivity contribution in [1.82, 2.24) is 24.9 Å². The highest BCUT2D eigenvalue weighted by Gasteiger charge is 2.19. The number of rotatable bonds is 5. The van der Waals surface area contributed by atoms with Crippen molar-refractivity contribution in [1.29, 1.82) is 0 Å². The second kappa shape index (κ2) is 7.65. The molecule has 2 aromatic heterocycles. The molecule has 0 N–H and O–H groups in total. The number of anilines is 1. The SMILES string of the molecule is Cn1c(SCc2nc(-c3ccc(Cl)cc3)no2)nnc1N1CCOCC1. The van der Waals surface area contributed by atoms with Gasteiger partial charge in [0.05, 0.1) is 19.0 Å². The topological polar surface area (TPSA) is 82.1 Å². The fourth-order valence-corrected chi connectivity index (χ4v) is 3.50. The average Bonchev–Trinajstić information content (AvgIpc) is 3.28. The molecule has 0 amide bonds. The van der Waals surface area contributed by atoms with Crippen LogP contribution in [0.25, 0.3) is 11.4 Å². The van der Waals surface area contributed by atoms with Gasteiger partial charge in [-0.1, -0.05) is 28.5 Å². The van der Waals surface area contributed by atoms with Crippen LogP contribution in [0.4, 0.5) is 5.95 Å². The van der Waals surface area contributed by atoms with Crippen LogP contribution in [0.3, 0.4) is 0 Å². The summed E-state index contributed by atoms with van der Waals surface area (Å²) in [4.78, 5) is 6.60. The van der Waals surface area contributed by atoms with Crippen LogP contribution in [0.2, 0.25) is 5.02 Å². The molecule has 0 atom stereocenters. The molecule has 26 heavy (non-hydrogen) atoms. The van der Waals surface area contributed by atoms with Crippen LogP contribution >= 0.6 is 23.4 Å². The van der Waals surface area contributed by atoms with E-state index in [4.69, 9.17) is 20.9 Å². The van der Waals surface area contributed by atoms with E-state index in [1.54, 1.807) is 12.1 Å². The number of halogens is 1.